The maximum atomic E-state index is 12.7. The summed E-state index contributed by atoms with van der Waals surface area (Å²) >= 11 is 1.51. The summed E-state index contributed by atoms with van der Waals surface area (Å²) in [6, 6.07) is 11.3. The maximum Gasteiger partial charge on any atom is 0.226 e. The van der Waals surface area contributed by atoms with Crippen molar-refractivity contribution in [2.75, 3.05) is 19.5 Å². The molecule has 1 amide bonds. The zero-order chi connectivity index (χ0) is 21.7. The van der Waals surface area contributed by atoms with Gasteiger partial charge in [-0.25, -0.2) is 4.98 Å². The fraction of sp³-hybridized carbons (Fsp3) is 0.227. The van der Waals surface area contributed by atoms with Gasteiger partial charge in [-0.05, 0) is 36.8 Å². The number of para-hydroxylation sites is 1. The molecule has 2 aromatic carbocycles. The van der Waals surface area contributed by atoms with Gasteiger partial charge in [-0.1, -0.05) is 23.5 Å². The number of nitrogens with one attached hydrogen (secondary N) is 1. The van der Waals surface area contributed by atoms with Crippen LogP contribution in [0.4, 0.5) is 5.82 Å². The topological polar surface area (TPSA) is 98.5 Å². The molecule has 0 fully saturated rings. The molecule has 0 bridgehead atoms. The van der Waals surface area contributed by atoms with Crippen molar-refractivity contribution in [3.05, 3.63) is 53.2 Å². The fourth-order valence-corrected chi connectivity index (χ4v) is 4.96. The highest BCUT2D eigenvalue weighted by atomic mass is 32.1. The van der Waals surface area contributed by atoms with Gasteiger partial charge in [-0.2, -0.15) is 9.78 Å². The lowest BCUT2D eigenvalue weighted by molar-refractivity contribution is -0.116. The molecule has 0 saturated carbocycles. The van der Waals surface area contributed by atoms with E-state index in [4.69, 9.17) is 14.6 Å². The molecular weight excluding hydrogens is 416 g/mol. The molecule has 0 aliphatic carbocycles. The molecule has 3 heterocycles. The number of aromatic hydroxyl groups is 1. The van der Waals surface area contributed by atoms with Crippen molar-refractivity contribution >= 4 is 33.3 Å². The minimum Gasteiger partial charge on any atom is -0.502 e. The van der Waals surface area contributed by atoms with Gasteiger partial charge in [0, 0.05) is 17.9 Å². The molecular formula is C22H20N4O4S. The molecule has 1 aliphatic heterocycles. The number of hydrogen-bond donors (Lipinski definition) is 2. The Morgan fingerprint density at radius 1 is 1.19 bits per heavy atom. The highest BCUT2D eigenvalue weighted by Gasteiger charge is 2.34. The zero-order valence-electron chi connectivity index (χ0n) is 17.2. The van der Waals surface area contributed by atoms with Crippen LogP contribution in [0.5, 0.6) is 17.2 Å². The summed E-state index contributed by atoms with van der Waals surface area (Å²) in [6.07, 6.45) is 0.246. The molecule has 0 saturated heterocycles. The van der Waals surface area contributed by atoms with Gasteiger partial charge in [-0.3, -0.25) is 4.79 Å². The van der Waals surface area contributed by atoms with E-state index in [1.54, 1.807) is 16.8 Å². The highest BCUT2D eigenvalue weighted by Crippen LogP contribution is 2.45. The maximum absolute atomic E-state index is 12.7. The molecule has 1 atom stereocenters. The Kier molecular flexibility index (Phi) is 4.55. The largest absolute Gasteiger partial charge is 0.502 e. The summed E-state index contributed by atoms with van der Waals surface area (Å²) in [5.41, 5.74) is 3.39. The van der Waals surface area contributed by atoms with Gasteiger partial charge in [0.2, 0.25) is 16.8 Å². The van der Waals surface area contributed by atoms with E-state index in [1.165, 1.54) is 25.6 Å². The van der Waals surface area contributed by atoms with E-state index in [9.17, 15) is 9.90 Å². The summed E-state index contributed by atoms with van der Waals surface area (Å²) < 4.78 is 13.4. The van der Waals surface area contributed by atoms with Crippen LogP contribution in [0.25, 0.3) is 15.3 Å². The van der Waals surface area contributed by atoms with E-state index in [2.05, 4.69) is 10.3 Å². The second-order valence-electron chi connectivity index (χ2n) is 7.30. The number of methoxy groups -OCH3 is 2. The number of thiazole rings is 1. The summed E-state index contributed by atoms with van der Waals surface area (Å²) in [5.74, 6) is 0.734. The van der Waals surface area contributed by atoms with Crippen LogP contribution >= 0.6 is 11.3 Å². The van der Waals surface area contributed by atoms with Crippen LogP contribution in [0.1, 0.15) is 29.2 Å². The van der Waals surface area contributed by atoms with Gasteiger partial charge in [0.1, 0.15) is 5.82 Å². The first kappa shape index (κ1) is 19.4. The summed E-state index contributed by atoms with van der Waals surface area (Å²) in [7, 11) is 2.96. The smallest absolute Gasteiger partial charge is 0.226 e. The number of anilines is 1. The molecule has 8 nitrogen and oxygen atoms in total. The van der Waals surface area contributed by atoms with Crippen LogP contribution in [0.15, 0.2) is 36.4 Å². The van der Waals surface area contributed by atoms with Gasteiger partial charge < -0.3 is 19.9 Å². The molecule has 1 aliphatic rings. The Morgan fingerprint density at radius 2 is 1.90 bits per heavy atom. The number of amides is 1. The van der Waals surface area contributed by atoms with Gasteiger partial charge >= 0.3 is 0 Å². The molecule has 2 aromatic heterocycles. The third-order valence-corrected chi connectivity index (χ3v) is 6.48. The Bertz CT molecular complexity index is 1270. The first-order valence-corrected chi connectivity index (χ1v) is 10.5. The minimum atomic E-state index is -0.268. The monoisotopic (exact) mass is 436 g/mol. The molecule has 1 unspecified atom stereocenters. The zero-order valence-corrected chi connectivity index (χ0v) is 18.0. The Labute approximate surface area is 182 Å². The van der Waals surface area contributed by atoms with Gasteiger partial charge in [0.25, 0.3) is 0 Å². The van der Waals surface area contributed by atoms with E-state index >= 15 is 0 Å². The van der Waals surface area contributed by atoms with Crippen molar-refractivity contribution in [3.8, 4) is 22.4 Å². The number of nitrogens with zero attached hydrogens (tertiary/aromatic N) is 3. The third-order valence-electron chi connectivity index (χ3n) is 5.47. The van der Waals surface area contributed by atoms with Crippen LogP contribution < -0.4 is 14.8 Å². The van der Waals surface area contributed by atoms with Gasteiger partial charge in [0.05, 0.1) is 30.1 Å². The number of aromatic nitrogens is 3. The van der Waals surface area contributed by atoms with E-state index in [0.717, 1.165) is 27.0 Å². The molecule has 9 heteroatoms. The molecule has 31 heavy (non-hydrogen) atoms. The SMILES string of the molecule is COc1cc(C2CC(=O)Nc3c2c(C)nn3-c2nc3ccccc3s2)cc(OC)c1O. The molecule has 5 rings (SSSR count). The van der Waals surface area contributed by atoms with Gasteiger partial charge in [-0.15, -0.1) is 0 Å². The number of hydrogen-bond acceptors (Lipinski definition) is 7. The lowest BCUT2D eigenvalue weighted by atomic mass is 9.85. The molecule has 0 radical (unpaired) electrons. The summed E-state index contributed by atoms with van der Waals surface area (Å²) in [6.45, 7) is 1.92. The molecule has 2 N–H and O–H groups in total. The van der Waals surface area contributed by atoms with E-state index in [0.29, 0.717) is 10.9 Å². The second kappa shape index (κ2) is 7.28. The highest BCUT2D eigenvalue weighted by molar-refractivity contribution is 7.20. The number of phenols is 1. The van der Waals surface area contributed by atoms with Crippen molar-refractivity contribution in [1.29, 1.82) is 0 Å². The van der Waals surface area contributed by atoms with Crippen molar-refractivity contribution < 1.29 is 19.4 Å². The fourth-order valence-electron chi connectivity index (χ4n) is 4.04. The summed E-state index contributed by atoms with van der Waals surface area (Å²) in [5, 5.41) is 18.7. The lowest BCUT2D eigenvalue weighted by Crippen LogP contribution is -2.25. The molecule has 4 aromatic rings. The number of benzene rings is 2. The first-order chi connectivity index (χ1) is 15.0. The number of fused-ring (bicyclic) bond motifs is 2. The van der Waals surface area contributed by atoms with Crippen LogP contribution in [0.3, 0.4) is 0 Å². The van der Waals surface area contributed by atoms with Gasteiger partial charge in [0.15, 0.2) is 11.5 Å². The lowest BCUT2D eigenvalue weighted by Gasteiger charge is -2.25. The number of carbonyl (C=O) groups is 1. The van der Waals surface area contributed by atoms with Crippen molar-refractivity contribution in [1.82, 2.24) is 14.8 Å². The number of carbonyl (C=O) groups excluding carboxylic acids is 1. The standard InChI is InChI=1S/C22H20N4O4S/c1-11-19-13(12-8-15(29-2)20(28)16(9-12)30-3)10-18(27)24-21(19)26(25-11)22-23-14-6-4-5-7-17(14)31-22/h4-9,13,28H,10H2,1-3H3,(H,24,27). The number of aryl methyl sites for hydroxylation is 1. The minimum absolute atomic E-state index is 0.0730. The Morgan fingerprint density at radius 3 is 2.58 bits per heavy atom. The van der Waals surface area contributed by atoms with Crippen LogP contribution in [-0.4, -0.2) is 40.0 Å². The number of ether oxygens (including phenoxy) is 2. The quantitative estimate of drug-likeness (QED) is 0.502. The van der Waals surface area contributed by atoms with E-state index in [1.807, 2.05) is 31.2 Å². The van der Waals surface area contributed by atoms with Crippen LogP contribution in [0.2, 0.25) is 0 Å². The predicted molar refractivity (Wildman–Crippen MR) is 118 cm³/mol. The van der Waals surface area contributed by atoms with Crippen molar-refractivity contribution in [2.24, 2.45) is 0 Å². The summed E-state index contributed by atoms with van der Waals surface area (Å²) in [4.78, 5) is 17.4. The van der Waals surface area contributed by atoms with Crippen LogP contribution in [-0.2, 0) is 4.79 Å². The Hall–Kier alpha value is -3.59. The normalized spacial score (nSPS) is 15.6. The number of phenolic OH excluding ortho intramolecular Hbond substituents is 1. The second-order valence-corrected chi connectivity index (χ2v) is 8.31. The van der Waals surface area contributed by atoms with Crippen molar-refractivity contribution in [2.45, 2.75) is 19.3 Å². The van der Waals surface area contributed by atoms with Crippen LogP contribution in [0, 0.1) is 6.92 Å². The third kappa shape index (κ3) is 3.09. The van der Waals surface area contributed by atoms with Crippen molar-refractivity contribution in [3.63, 3.8) is 0 Å². The average molecular weight is 436 g/mol. The van der Waals surface area contributed by atoms with E-state index in [-0.39, 0.29) is 35.5 Å². The Balaban J connectivity index is 1.67. The first-order valence-electron chi connectivity index (χ1n) is 9.70. The predicted octanol–water partition coefficient (Wildman–Crippen LogP) is 3.99. The number of rotatable bonds is 4. The molecule has 158 valence electrons. The molecule has 0 spiro atoms. The average Bonchev–Trinajstić information content (AvgIpc) is 3.34. The van der Waals surface area contributed by atoms with E-state index < -0.39 is 0 Å².